The average Bonchev–Trinajstić information content (AvgIpc) is 2.68. The summed E-state index contributed by atoms with van der Waals surface area (Å²) in [5, 5.41) is 0. The summed E-state index contributed by atoms with van der Waals surface area (Å²) < 4.78 is 0. The Labute approximate surface area is 144 Å². The van der Waals surface area contributed by atoms with Gasteiger partial charge >= 0.3 is 0 Å². The minimum atomic E-state index is 0.207. The molecule has 2 aromatic carbocycles. The number of hydrogen-bond donors (Lipinski definition) is 0. The molecule has 0 radical (unpaired) electrons. The summed E-state index contributed by atoms with van der Waals surface area (Å²) in [5.74, 6) is 1.81. The highest BCUT2D eigenvalue weighted by molar-refractivity contribution is 5.94. The Morgan fingerprint density at radius 1 is 0.792 bits per heavy atom. The predicted octanol–water partition coefficient (Wildman–Crippen LogP) is 5.01. The summed E-state index contributed by atoms with van der Waals surface area (Å²) in [6, 6.07) is 18.4. The zero-order valence-corrected chi connectivity index (χ0v) is 14.2. The highest BCUT2D eigenvalue weighted by atomic mass is 16.2. The molecule has 4 rings (SSSR count). The molecule has 0 spiro atoms. The van der Waals surface area contributed by atoms with Gasteiger partial charge in [0.1, 0.15) is 0 Å². The largest absolute Gasteiger partial charge is 0.338 e. The number of carbonyl (C=O) groups is 1. The molecule has 1 aliphatic heterocycles. The van der Waals surface area contributed by atoms with Gasteiger partial charge in [-0.05, 0) is 47.9 Å². The predicted molar refractivity (Wildman–Crippen MR) is 97.8 cm³/mol. The lowest BCUT2D eigenvalue weighted by Crippen LogP contribution is -2.44. The monoisotopic (exact) mass is 319 g/mol. The fraction of sp³-hybridized carbons (Fsp3) is 0.409. The zero-order chi connectivity index (χ0) is 16.4. The SMILES string of the molecule is O=C(c1ccc(-c2ccccc2)cc1)N1CCC2CCCCC2C1. The molecular weight excluding hydrogens is 294 g/mol. The van der Waals surface area contributed by atoms with Gasteiger partial charge in [-0.2, -0.15) is 0 Å². The van der Waals surface area contributed by atoms with Crippen molar-refractivity contribution >= 4 is 5.91 Å². The number of likely N-dealkylation sites (tertiary alicyclic amines) is 1. The van der Waals surface area contributed by atoms with Crippen molar-refractivity contribution in [2.24, 2.45) is 11.8 Å². The van der Waals surface area contributed by atoms with Crippen molar-refractivity contribution in [3.8, 4) is 11.1 Å². The molecule has 1 amide bonds. The summed E-state index contributed by atoms with van der Waals surface area (Å²) >= 11 is 0. The molecule has 2 unspecified atom stereocenters. The highest BCUT2D eigenvalue weighted by Gasteiger charge is 2.33. The van der Waals surface area contributed by atoms with Crippen LogP contribution in [0.1, 0.15) is 42.5 Å². The van der Waals surface area contributed by atoms with Crippen molar-refractivity contribution in [1.29, 1.82) is 0 Å². The molecule has 0 bridgehead atoms. The molecule has 2 heteroatoms. The second kappa shape index (κ2) is 6.80. The van der Waals surface area contributed by atoms with Crippen LogP contribution in [0.5, 0.6) is 0 Å². The molecular formula is C22H25NO. The molecule has 1 saturated carbocycles. The van der Waals surface area contributed by atoms with Gasteiger partial charge in [0.15, 0.2) is 0 Å². The Balaban J connectivity index is 1.46. The molecule has 1 saturated heterocycles. The van der Waals surface area contributed by atoms with E-state index in [4.69, 9.17) is 0 Å². The highest BCUT2D eigenvalue weighted by Crippen LogP contribution is 2.36. The van der Waals surface area contributed by atoms with Crippen LogP contribution in [-0.4, -0.2) is 23.9 Å². The summed E-state index contributed by atoms with van der Waals surface area (Å²) in [6.07, 6.45) is 6.60. The van der Waals surface area contributed by atoms with Crippen molar-refractivity contribution in [3.05, 3.63) is 60.2 Å². The Morgan fingerprint density at radius 2 is 1.46 bits per heavy atom. The van der Waals surface area contributed by atoms with Crippen molar-refractivity contribution in [3.63, 3.8) is 0 Å². The first-order valence-corrected chi connectivity index (χ1v) is 9.26. The van der Waals surface area contributed by atoms with E-state index in [1.54, 1.807) is 0 Å². The number of rotatable bonds is 2. The standard InChI is InChI=1S/C22H25NO/c24-22(23-15-14-18-8-4-5-9-21(18)16-23)20-12-10-19(11-13-20)17-6-2-1-3-7-17/h1-3,6-7,10-13,18,21H,4-5,8-9,14-16H2. The Bertz CT molecular complexity index is 692. The second-order valence-corrected chi connectivity index (χ2v) is 7.29. The molecule has 2 aromatic rings. The number of nitrogens with zero attached hydrogens (tertiary/aromatic N) is 1. The number of carbonyl (C=O) groups excluding carboxylic acids is 1. The Morgan fingerprint density at radius 3 is 2.21 bits per heavy atom. The third-order valence-electron chi connectivity index (χ3n) is 5.82. The van der Waals surface area contributed by atoms with E-state index < -0.39 is 0 Å². The lowest BCUT2D eigenvalue weighted by molar-refractivity contribution is 0.0521. The second-order valence-electron chi connectivity index (χ2n) is 7.29. The first-order chi connectivity index (χ1) is 11.8. The van der Waals surface area contributed by atoms with Crippen molar-refractivity contribution in [1.82, 2.24) is 4.90 Å². The maximum Gasteiger partial charge on any atom is 0.253 e. The Kier molecular flexibility index (Phi) is 4.38. The topological polar surface area (TPSA) is 20.3 Å². The van der Waals surface area contributed by atoms with Crippen molar-refractivity contribution < 1.29 is 4.79 Å². The third kappa shape index (κ3) is 3.10. The summed E-state index contributed by atoms with van der Waals surface area (Å²) in [6.45, 7) is 1.89. The van der Waals surface area contributed by atoms with Gasteiger partial charge in [-0.25, -0.2) is 0 Å². The van der Waals surface area contributed by atoms with Crippen LogP contribution in [0.3, 0.4) is 0 Å². The fourth-order valence-corrected chi connectivity index (χ4v) is 4.40. The summed E-state index contributed by atoms with van der Waals surface area (Å²) in [7, 11) is 0. The van der Waals surface area contributed by atoms with Crippen LogP contribution in [0.15, 0.2) is 54.6 Å². The summed E-state index contributed by atoms with van der Waals surface area (Å²) in [5.41, 5.74) is 3.18. The molecule has 2 aliphatic rings. The maximum absolute atomic E-state index is 12.8. The van der Waals surface area contributed by atoms with Gasteiger partial charge in [0.05, 0.1) is 0 Å². The minimum Gasteiger partial charge on any atom is -0.338 e. The van der Waals surface area contributed by atoms with Gasteiger partial charge in [0.25, 0.3) is 5.91 Å². The lowest BCUT2D eigenvalue weighted by atomic mass is 9.75. The van der Waals surface area contributed by atoms with Crippen LogP contribution < -0.4 is 0 Å². The smallest absolute Gasteiger partial charge is 0.253 e. The molecule has 2 atom stereocenters. The number of amides is 1. The van der Waals surface area contributed by atoms with Crippen LogP contribution in [0.4, 0.5) is 0 Å². The Hall–Kier alpha value is -2.09. The van der Waals surface area contributed by atoms with Gasteiger partial charge in [0, 0.05) is 18.7 Å². The van der Waals surface area contributed by atoms with Crippen LogP contribution >= 0.6 is 0 Å². The molecule has 0 aromatic heterocycles. The van der Waals surface area contributed by atoms with E-state index in [1.165, 1.54) is 37.7 Å². The van der Waals surface area contributed by atoms with Crippen LogP contribution in [0.25, 0.3) is 11.1 Å². The lowest BCUT2D eigenvalue weighted by Gasteiger charge is -2.41. The first-order valence-electron chi connectivity index (χ1n) is 9.26. The van der Waals surface area contributed by atoms with Gasteiger partial charge in [0.2, 0.25) is 0 Å². The fourth-order valence-electron chi connectivity index (χ4n) is 4.40. The van der Waals surface area contributed by atoms with Gasteiger partial charge in [-0.15, -0.1) is 0 Å². The summed E-state index contributed by atoms with van der Waals surface area (Å²) in [4.78, 5) is 14.9. The van der Waals surface area contributed by atoms with E-state index in [0.717, 1.165) is 36.1 Å². The van der Waals surface area contributed by atoms with E-state index in [-0.39, 0.29) is 5.91 Å². The van der Waals surface area contributed by atoms with E-state index in [2.05, 4.69) is 29.2 Å². The van der Waals surface area contributed by atoms with Crippen molar-refractivity contribution in [2.75, 3.05) is 13.1 Å². The van der Waals surface area contributed by atoms with E-state index in [9.17, 15) is 4.79 Å². The maximum atomic E-state index is 12.8. The molecule has 1 aliphatic carbocycles. The number of piperidine rings is 1. The van der Waals surface area contributed by atoms with Crippen molar-refractivity contribution in [2.45, 2.75) is 32.1 Å². The molecule has 1 heterocycles. The third-order valence-corrected chi connectivity index (χ3v) is 5.82. The van der Waals surface area contributed by atoms with Crippen LogP contribution in [0.2, 0.25) is 0 Å². The molecule has 124 valence electrons. The normalized spacial score (nSPS) is 23.6. The van der Waals surface area contributed by atoms with Gasteiger partial charge in [-0.3, -0.25) is 4.79 Å². The average molecular weight is 319 g/mol. The molecule has 0 N–H and O–H groups in total. The molecule has 2 nitrogen and oxygen atoms in total. The van der Waals surface area contributed by atoms with Gasteiger partial charge < -0.3 is 4.90 Å². The number of hydrogen-bond acceptors (Lipinski definition) is 1. The van der Waals surface area contributed by atoms with Gasteiger partial charge in [-0.1, -0.05) is 61.7 Å². The first kappa shape index (κ1) is 15.4. The number of benzene rings is 2. The number of fused-ring (bicyclic) bond motifs is 1. The van der Waals surface area contributed by atoms with E-state index >= 15 is 0 Å². The van der Waals surface area contributed by atoms with E-state index in [1.807, 2.05) is 30.3 Å². The molecule has 2 fully saturated rings. The van der Waals surface area contributed by atoms with Crippen LogP contribution in [-0.2, 0) is 0 Å². The minimum absolute atomic E-state index is 0.207. The molecule has 24 heavy (non-hydrogen) atoms. The van der Waals surface area contributed by atoms with Crippen LogP contribution in [0, 0.1) is 11.8 Å². The zero-order valence-electron chi connectivity index (χ0n) is 14.2. The quantitative estimate of drug-likeness (QED) is 0.762. The van der Waals surface area contributed by atoms with E-state index in [0.29, 0.717) is 0 Å².